The molecule has 106 valence electrons. The minimum absolute atomic E-state index is 0.328. The van der Waals surface area contributed by atoms with Crippen LogP contribution in [0.15, 0.2) is 24.3 Å². The maximum atomic E-state index is 6.09. The molecule has 0 amide bonds. The third-order valence-corrected chi connectivity index (χ3v) is 4.52. The second-order valence-electron chi connectivity index (χ2n) is 5.87. The molecule has 3 nitrogen and oxygen atoms in total. The summed E-state index contributed by atoms with van der Waals surface area (Å²) in [5, 5.41) is 1.41. The molecule has 1 saturated carbocycles. The second-order valence-corrected chi connectivity index (χ2v) is 6.21. The summed E-state index contributed by atoms with van der Waals surface area (Å²) in [6, 6.07) is 8.62. The summed E-state index contributed by atoms with van der Waals surface area (Å²) in [4.78, 5) is 11.1. The van der Waals surface area contributed by atoms with E-state index in [1.165, 1.54) is 25.7 Å². The highest BCUT2D eigenvalue weighted by Crippen LogP contribution is 2.32. The lowest BCUT2D eigenvalue weighted by atomic mass is 9.86. The first kappa shape index (κ1) is 13.6. The molecule has 1 aliphatic carbocycles. The van der Waals surface area contributed by atoms with Gasteiger partial charge in [-0.15, -0.1) is 0 Å². The minimum atomic E-state index is 0.328. The average Bonchev–Trinajstić information content (AvgIpc) is 2.45. The van der Waals surface area contributed by atoms with Gasteiger partial charge < -0.3 is 4.90 Å². The van der Waals surface area contributed by atoms with Gasteiger partial charge in [-0.3, -0.25) is 0 Å². The molecular weight excluding hydrogens is 270 g/mol. The third kappa shape index (κ3) is 2.59. The molecule has 0 aliphatic heterocycles. The number of anilines is 1. The highest BCUT2D eigenvalue weighted by atomic mass is 35.5. The number of halogens is 1. The number of rotatable bonds is 2. The van der Waals surface area contributed by atoms with Crippen LogP contribution in [0.1, 0.15) is 32.6 Å². The Morgan fingerprint density at radius 3 is 2.80 bits per heavy atom. The number of para-hydroxylation sites is 1. The first-order valence-corrected chi connectivity index (χ1v) is 7.68. The summed E-state index contributed by atoms with van der Waals surface area (Å²) in [6.45, 7) is 2.34. The summed E-state index contributed by atoms with van der Waals surface area (Å²) in [5.74, 6) is 1.75. The van der Waals surface area contributed by atoms with Gasteiger partial charge in [0.2, 0.25) is 5.28 Å². The molecule has 0 N–H and O–H groups in total. The van der Waals surface area contributed by atoms with Crippen LogP contribution >= 0.6 is 11.6 Å². The summed E-state index contributed by atoms with van der Waals surface area (Å²) in [7, 11) is 2.13. The molecule has 0 bridgehead atoms. The van der Waals surface area contributed by atoms with Gasteiger partial charge in [-0.05, 0) is 42.5 Å². The summed E-state index contributed by atoms with van der Waals surface area (Å²) < 4.78 is 0. The third-order valence-electron chi connectivity index (χ3n) is 4.35. The number of hydrogen-bond acceptors (Lipinski definition) is 3. The molecule has 4 heteroatoms. The van der Waals surface area contributed by atoms with E-state index < -0.39 is 0 Å². The van der Waals surface area contributed by atoms with Crippen molar-refractivity contribution in [3.63, 3.8) is 0 Å². The van der Waals surface area contributed by atoms with Crippen molar-refractivity contribution in [2.75, 3.05) is 11.9 Å². The lowest BCUT2D eigenvalue weighted by molar-refractivity contribution is 0.336. The number of fused-ring (bicyclic) bond motifs is 1. The van der Waals surface area contributed by atoms with Gasteiger partial charge in [-0.1, -0.05) is 31.9 Å². The van der Waals surface area contributed by atoms with Crippen LogP contribution in [0.2, 0.25) is 5.28 Å². The van der Waals surface area contributed by atoms with Crippen molar-refractivity contribution in [1.82, 2.24) is 9.97 Å². The maximum Gasteiger partial charge on any atom is 0.224 e. The van der Waals surface area contributed by atoms with Gasteiger partial charge >= 0.3 is 0 Å². The van der Waals surface area contributed by atoms with Crippen LogP contribution in [0.5, 0.6) is 0 Å². The quantitative estimate of drug-likeness (QED) is 0.772. The van der Waals surface area contributed by atoms with Gasteiger partial charge in [0, 0.05) is 18.5 Å². The SMILES string of the molecule is CC1CCCC(N(C)c2nc(Cl)nc3ccccc23)C1. The van der Waals surface area contributed by atoms with Crippen molar-refractivity contribution in [1.29, 1.82) is 0 Å². The van der Waals surface area contributed by atoms with Crippen LogP contribution in [0, 0.1) is 5.92 Å². The fraction of sp³-hybridized carbons (Fsp3) is 0.500. The molecule has 20 heavy (non-hydrogen) atoms. The Balaban J connectivity index is 2.00. The van der Waals surface area contributed by atoms with Crippen LogP contribution in [0.25, 0.3) is 10.9 Å². The van der Waals surface area contributed by atoms with Gasteiger partial charge in [0.15, 0.2) is 0 Å². The number of hydrogen-bond donors (Lipinski definition) is 0. The standard InChI is InChI=1S/C16H20ClN3/c1-11-6-5-7-12(10-11)20(2)15-13-8-3-4-9-14(13)18-16(17)19-15/h3-4,8-9,11-12H,5-7,10H2,1-2H3. The molecule has 1 aromatic carbocycles. The molecule has 1 heterocycles. The molecule has 1 aromatic heterocycles. The highest BCUT2D eigenvalue weighted by molar-refractivity contribution is 6.28. The van der Waals surface area contributed by atoms with Gasteiger partial charge in [-0.2, -0.15) is 4.98 Å². The van der Waals surface area contributed by atoms with Crippen LogP contribution in [-0.2, 0) is 0 Å². The number of aromatic nitrogens is 2. The van der Waals surface area contributed by atoms with E-state index in [2.05, 4.69) is 34.9 Å². The molecule has 2 aromatic rings. The van der Waals surface area contributed by atoms with Crippen molar-refractivity contribution >= 4 is 28.3 Å². The predicted molar refractivity (Wildman–Crippen MR) is 84.4 cm³/mol. The Morgan fingerprint density at radius 1 is 1.20 bits per heavy atom. The maximum absolute atomic E-state index is 6.09. The van der Waals surface area contributed by atoms with Gasteiger partial charge in [-0.25, -0.2) is 4.98 Å². The number of nitrogens with zero attached hydrogens (tertiary/aromatic N) is 3. The Morgan fingerprint density at radius 2 is 2.00 bits per heavy atom. The van der Waals surface area contributed by atoms with E-state index in [9.17, 15) is 0 Å². The molecule has 2 atom stereocenters. The van der Waals surface area contributed by atoms with Gasteiger partial charge in [0.25, 0.3) is 0 Å². The van der Waals surface area contributed by atoms with E-state index >= 15 is 0 Å². The Kier molecular flexibility index (Phi) is 3.79. The summed E-state index contributed by atoms with van der Waals surface area (Å²) in [5.41, 5.74) is 0.915. The normalized spacial score (nSPS) is 22.9. The topological polar surface area (TPSA) is 29.0 Å². The smallest absolute Gasteiger partial charge is 0.224 e. The van der Waals surface area contributed by atoms with Crippen molar-refractivity contribution < 1.29 is 0 Å². The van der Waals surface area contributed by atoms with Crippen LogP contribution in [0.4, 0.5) is 5.82 Å². The molecule has 1 aliphatic rings. The van der Waals surface area contributed by atoms with Crippen LogP contribution in [-0.4, -0.2) is 23.1 Å². The zero-order valence-corrected chi connectivity index (χ0v) is 12.8. The Hall–Kier alpha value is -1.35. The van der Waals surface area contributed by atoms with Crippen molar-refractivity contribution in [3.8, 4) is 0 Å². The Labute approximate surface area is 125 Å². The van der Waals surface area contributed by atoms with E-state index in [0.717, 1.165) is 22.6 Å². The minimum Gasteiger partial charge on any atom is -0.356 e. The highest BCUT2D eigenvalue weighted by Gasteiger charge is 2.24. The number of benzene rings is 1. The Bertz CT molecular complexity index is 614. The first-order chi connectivity index (χ1) is 9.65. The van der Waals surface area contributed by atoms with E-state index in [1.54, 1.807) is 0 Å². The lowest BCUT2D eigenvalue weighted by Crippen LogP contribution is -2.36. The largest absolute Gasteiger partial charge is 0.356 e. The summed E-state index contributed by atoms with van der Waals surface area (Å²) in [6.07, 6.45) is 5.10. The molecule has 2 unspecified atom stereocenters. The van der Waals surface area contributed by atoms with Crippen molar-refractivity contribution in [3.05, 3.63) is 29.5 Å². The zero-order valence-electron chi connectivity index (χ0n) is 12.0. The van der Waals surface area contributed by atoms with Gasteiger partial charge in [0.1, 0.15) is 5.82 Å². The van der Waals surface area contributed by atoms with Crippen molar-refractivity contribution in [2.45, 2.75) is 38.6 Å². The fourth-order valence-electron chi connectivity index (χ4n) is 3.23. The monoisotopic (exact) mass is 289 g/mol. The van der Waals surface area contributed by atoms with Crippen LogP contribution in [0.3, 0.4) is 0 Å². The van der Waals surface area contributed by atoms with Crippen LogP contribution < -0.4 is 4.90 Å². The fourth-order valence-corrected chi connectivity index (χ4v) is 3.40. The first-order valence-electron chi connectivity index (χ1n) is 7.30. The molecule has 0 saturated heterocycles. The molecule has 1 fully saturated rings. The lowest BCUT2D eigenvalue weighted by Gasteiger charge is -2.35. The van der Waals surface area contributed by atoms with E-state index in [0.29, 0.717) is 11.3 Å². The zero-order chi connectivity index (χ0) is 14.1. The average molecular weight is 290 g/mol. The van der Waals surface area contributed by atoms with E-state index in [1.807, 2.05) is 18.2 Å². The molecular formula is C16H20ClN3. The van der Waals surface area contributed by atoms with E-state index in [4.69, 9.17) is 11.6 Å². The molecule has 3 rings (SSSR count). The van der Waals surface area contributed by atoms with E-state index in [-0.39, 0.29) is 0 Å². The molecule has 0 spiro atoms. The summed E-state index contributed by atoms with van der Waals surface area (Å²) >= 11 is 6.09. The van der Waals surface area contributed by atoms with Crippen molar-refractivity contribution in [2.24, 2.45) is 5.92 Å². The second kappa shape index (κ2) is 5.57. The molecule has 0 radical (unpaired) electrons. The predicted octanol–water partition coefficient (Wildman–Crippen LogP) is 4.30. The van der Waals surface area contributed by atoms with Gasteiger partial charge in [0.05, 0.1) is 5.52 Å².